The predicted octanol–water partition coefficient (Wildman–Crippen LogP) is 1.13. The van der Waals surface area contributed by atoms with Crippen LogP contribution in [0, 0.1) is 5.92 Å². The Balaban J connectivity index is 2.37. The van der Waals surface area contributed by atoms with Crippen molar-refractivity contribution in [2.75, 3.05) is 13.2 Å². The van der Waals surface area contributed by atoms with Crippen molar-refractivity contribution in [3.8, 4) is 0 Å². The molecule has 1 aliphatic rings. The molecule has 1 fully saturated rings. The molecule has 1 N–H and O–H groups in total. The average Bonchev–Trinajstić information content (AvgIpc) is 2.05. The van der Waals surface area contributed by atoms with Crippen LogP contribution in [0.1, 0.15) is 19.8 Å². The van der Waals surface area contributed by atoms with Gasteiger partial charge in [0.1, 0.15) is 6.17 Å². The normalized spacial score (nSPS) is 39.0. The molecule has 66 valence electrons. The molecule has 0 aromatic rings. The van der Waals surface area contributed by atoms with E-state index >= 15 is 0 Å². The van der Waals surface area contributed by atoms with Crippen LogP contribution >= 0.6 is 0 Å². The summed E-state index contributed by atoms with van der Waals surface area (Å²) < 4.78 is 18.0. The number of hydrogen-bond acceptors (Lipinski definition) is 2. The first-order valence-corrected chi connectivity index (χ1v) is 4.14. The SMILES string of the molecule is CC[C@@H]1C[C@H](CO)OC[C@@H]1F. The van der Waals surface area contributed by atoms with E-state index in [9.17, 15) is 4.39 Å². The zero-order chi connectivity index (χ0) is 8.27. The van der Waals surface area contributed by atoms with E-state index < -0.39 is 6.17 Å². The van der Waals surface area contributed by atoms with Gasteiger partial charge in [0, 0.05) is 0 Å². The van der Waals surface area contributed by atoms with E-state index in [0.29, 0.717) is 6.42 Å². The fourth-order valence-electron chi connectivity index (χ4n) is 1.47. The van der Waals surface area contributed by atoms with Gasteiger partial charge in [-0.3, -0.25) is 0 Å². The highest BCUT2D eigenvalue weighted by Gasteiger charge is 2.29. The minimum absolute atomic E-state index is 0.0171. The van der Waals surface area contributed by atoms with Gasteiger partial charge < -0.3 is 9.84 Å². The molecule has 3 atom stereocenters. The van der Waals surface area contributed by atoms with Crippen molar-refractivity contribution >= 4 is 0 Å². The Labute approximate surface area is 66.4 Å². The van der Waals surface area contributed by atoms with Gasteiger partial charge in [0.05, 0.1) is 19.3 Å². The Hall–Kier alpha value is -0.150. The molecule has 1 rings (SSSR count). The number of halogens is 1. The quantitative estimate of drug-likeness (QED) is 0.659. The first-order chi connectivity index (χ1) is 5.27. The molecule has 0 radical (unpaired) electrons. The van der Waals surface area contributed by atoms with E-state index in [4.69, 9.17) is 9.84 Å². The molecule has 0 unspecified atom stereocenters. The molecule has 0 amide bonds. The topological polar surface area (TPSA) is 29.5 Å². The van der Waals surface area contributed by atoms with Gasteiger partial charge in [-0.15, -0.1) is 0 Å². The van der Waals surface area contributed by atoms with Crippen molar-refractivity contribution in [2.45, 2.75) is 32.0 Å². The Kier molecular flexibility index (Phi) is 3.27. The molecular formula is C8H15FO2. The summed E-state index contributed by atoms with van der Waals surface area (Å²) in [5, 5.41) is 8.74. The van der Waals surface area contributed by atoms with Crippen molar-refractivity contribution in [3.63, 3.8) is 0 Å². The maximum atomic E-state index is 13.0. The molecule has 0 bridgehead atoms. The largest absolute Gasteiger partial charge is 0.394 e. The minimum Gasteiger partial charge on any atom is -0.394 e. The van der Waals surface area contributed by atoms with Crippen LogP contribution in [0.5, 0.6) is 0 Å². The third-order valence-electron chi connectivity index (χ3n) is 2.30. The number of rotatable bonds is 2. The van der Waals surface area contributed by atoms with Gasteiger partial charge in [-0.05, 0) is 12.3 Å². The fraction of sp³-hybridized carbons (Fsp3) is 1.00. The van der Waals surface area contributed by atoms with Crippen molar-refractivity contribution in [1.82, 2.24) is 0 Å². The zero-order valence-corrected chi connectivity index (χ0v) is 6.79. The zero-order valence-electron chi connectivity index (χ0n) is 6.79. The molecule has 0 aromatic carbocycles. The lowest BCUT2D eigenvalue weighted by Gasteiger charge is -2.30. The lowest BCUT2D eigenvalue weighted by molar-refractivity contribution is -0.0777. The van der Waals surface area contributed by atoms with Crippen LogP contribution in [0.2, 0.25) is 0 Å². The second kappa shape index (κ2) is 4.02. The fourth-order valence-corrected chi connectivity index (χ4v) is 1.47. The van der Waals surface area contributed by atoms with Crippen molar-refractivity contribution in [2.24, 2.45) is 5.92 Å². The van der Waals surface area contributed by atoms with Crippen LogP contribution in [0.25, 0.3) is 0 Å². The van der Waals surface area contributed by atoms with Crippen LogP contribution < -0.4 is 0 Å². The van der Waals surface area contributed by atoms with Gasteiger partial charge in [0.15, 0.2) is 0 Å². The Morgan fingerprint density at radius 1 is 1.64 bits per heavy atom. The van der Waals surface area contributed by atoms with Gasteiger partial charge in [-0.2, -0.15) is 0 Å². The predicted molar refractivity (Wildman–Crippen MR) is 40.1 cm³/mol. The Morgan fingerprint density at radius 2 is 2.36 bits per heavy atom. The second-order valence-corrected chi connectivity index (χ2v) is 3.06. The van der Waals surface area contributed by atoms with Crippen LogP contribution in [0.4, 0.5) is 4.39 Å². The lowest BCUT2D eigenvalue weighted by Crippen LogP contribution is -2.36. The molecule has 1 heterocycles. The van der Waals surface area contributed by atoms with Gasteiger partial charge >= 0.3 is 0 Å². The third kappa shape index (κ3) is 2.14. The summed E-state index contributed by atoms with van der Waals surface area (Å²) in [6, 6.07) is 0. The summed E-state index contributed by atoms with van der Waals surface area (Å²) in [6.45, 7) is 2.14. The molecule has 0 aliphatic carbocycles. The van der Waals surface area contributed by atoms with Crippen molar-refractivity contribution < 1.29 is 14.2 Å². The highest BCUT2D eigenvalue weighted by molar-refractivity contribution is 4.77. The first-order valence-electron chi connectivity index (χ1n) is 4.14. The van der Waals surface area contributed by atoms with Crippen molar-refractivity contribution in [3.05, 3.63) is 0 Å². The monoisotopic (exact) mass is 162 g/mol. The highest BCUT2D eigenvalue weighted by Crippen LogP contribution is 2.25. The first kappa shape index (κ1) is 8.94. The summed E-state index contributed by atoms with van der Waals surface area (Å²) in [7, 11) is 0. The Morgan fingerprint density at radius 3 is 2.91 bits per heavy atom. The van der Waals surface area contributed by atoms with Gasteiger partial charge in [0.2, 0.25) is 0 Å². The number of alkyl halides is 1. The highest BCUT2D eigenvalue weighted by atomic mass is 19.1. The third-order valence-corrected chi connectivity index (χ3v) is 2.30. The molecule has 0 saturated carbocycles. The van der Waals surface area contributed by atoms with Crippen LogP contribution in [0.3, 0.4) is 0 Å². The molecule has 0 aromatic heterocycles. The number of ether oxygens (including phenoxy) is 1. The number of aliphatic hydroxyl groups excluding tert-OH is 1. The van der Waals surface area contributed by atoms with Crippen LogP contribution in [0.15, 0.2) is 0 Å². The van der Waals surface area contributed by atoms with E-state index in [-0.39, 0.29) is 25.2 Å². The molecule has 2 nitrogen and oxygen atoms in total. The minimum atomic E-state index is -0.831. The molecule has 1 aliphatic heterocycles. The molecule has 1 saturated heterocycles. The van der Waals surface area contributed by atoms with Crippen molar-refractivity contribution in [1.29, 1.82) is 0 Å². The average molecular weight is 162 g/mol. The molecule has 0 spiro atoms. The summed E-state index contributed by atoms with van der Waals surface area (Å²) in [4.78, 5) is 0. The van der Waals surface area contributed by atoms with Gasteiger partial charge in [0.25, 0.3) is 0 Å². The van der Waals surface area contributed by atoms with Gasteiger partial charge in [-0.25, -0.2) is 4.39 Å². The molecule has 11 heavy (non-hydrogen) atoms. The van der Waals surface area contributed by atoms with E-state index in [1.165, 1.54) is 0 Å². The summed E-state index contributed by atoms with van der Waals surface area (Å²) in [6.07, 6.45) is 0.532. The maximum Gasteiger partial charge on any atom is 0.126 e. The van der Waals surface area contributed by atoms with E-state index in [1.807, 2.05) is 6.92 Å². The number of aliphatic hydroxyl groups is 1. The summed E-state index contributed by atoms with van der Waals surface area (Å²) in [5.41, 5.74) is 0. The lowest BCUT2D eigenvalue weighted by atomic mass is 9.92. The van der Waals surface area contributed by atoms with E-state index in [1.54, 1.807) is 0 Å². The standard InChI is InChI=1S/C8H15FO2/c1-2-6-3-7(4-10)11-5-8(6)9/h6-8,10H,2-5H2,1H3/t6-,7-,8+/m1/s1. The van der Waals surface area contributed by atoms with E-state index in [0.717, 1.165) is 6.42 Å². The molecule has 3 heteroatoms. The van der Waals surface area contributed by atoms with Crippen LogP contribution in [-0.2, 0) is 4.74 Å². The molecular weight excluding hydrogens is 147 g/mol. The Bertz CT molecular complexity index is 119. The maximum absolute atomic E-state index is 13.0. The number of hydrogen-bond donors (Lipinski definition) is 1. The smallest absolute Gasteiger partial charge is 0.126 e. The summed E-state index contributed by atoms with van der Waals surface area (Å²) in [5.74, 6) is 0.0842. The van der Waals surface area contributed by atoms with Gasteiger partial charge in [-0.1, -0.05) is 13.3 Å². The summed E-state index contributed by atoms with van der Waals surface area (Å²) >= 11 is 0. The second-order valence-electron chi connectivity index (χ2n) is 3.06. The van der Waals surface area contributed by atoms with E-state index in [2.05, 4.69) is 0 Å². The van der Waals surface area contributed by atoms with Crippen LogP contribution in [-0.4, -0.2) is 30.6 Å².